The number of carbonyl (C=O) groups is 1. The molecule has 0 aliphatic heterocycles. The Morgan fingerprint density at radius 3 is 2.74 bits per heavy atom. The van der Waals surface area contributed by atoms with Crippen molar-refractivity contribution in [2.24, 2.45) is 0 Å². The second-order valence-corrected chi connectivity index (χ2v) is 4.79. The number of nitriles is 1. The molecule has 2 rings (SSSR count). The molecule has 4 nitrogen and oxygen atoms in total. The number of aromatic nitrogens is 2. The van der Waals surface area contributed by atoms with Crippen molar-refractivity contribution >= 4 is 17.9 Å². The smallest absolute Gasteiger partial charge is 0.155 e. The minimum absolute atomic E-state index is 0.0955. The third kappa shape index (κ3) is 2.38. The van der Waals surface area contributed by atoms with Gasteiger partial charge in [-0.1, -0.05) is 31.5 Å². The first-order valence-electron chi connectivity index (χ1n) is 5.82. The van der Waals surface area contributed by atoms with Crippen molar-refractivity contribution in [3.05, 3.63) is 46.2 Å². The molecule has 0 bridgehead atoms. The number of benzene rings is 1. The number of nitrogens with zero attached hydrogens (tertiary/aromatic N) is 3. The van der Waals surface area contributed by atoms with Gasteiger partial charge in [0, 0.05) is 0 Å². The number of halogens is 1. The Bertz CT molecular complexity index is 668. The molecule has 0 spiro atoms. The molecule has 0 aliphatic rings. The first-order valence-corrected chi connectivity index (χ1v) is 6.20. The summed E-state index contributed by atoms with van der Waals surface area (Å²) in [6.07, 6.45) is 0.718. The highest BCUT2D eigenvalue weighted by Gasteiger charge is 2.19. The number of hydrogen-bond acceptors (Lipinski definition) is 3. The lowest BCUT2D eigenvalue weighted by Gasteiger charge is -2.03. The van der Waals surface area contributed by atoms with Crippen molar-refractivity contribution in [1.29, 1.82) is 5.26 Å². The van der Waals surface area contributed by atoms with Crippen molar-refractivity contribution in [1.82, 2.24) is 9.78 Å². The van der Waals surface area contributed by atoms with E-state index >= 15 is 0 Å². The monoisotopic (exact) mass is 273 g/mol. The Hall–Kier alpha value is -2.12. The van der Waals surface area contributed by atoms with Crippen molar-refractivity contribution in [2.45, 2.75) is 19.8 Å². The van der Waals surface area contributed by atoms with E-state index in [0.29, 0.717) is 22.5 Å². The lowest BCUT2D eigenvalue weighted by Crippen LogP contribution is -1.98. The molecule has 2 aromatic rings. The minimum atomic E-state index is 0.0955. The third-order valence-electron chi connectivity index (χ3n) is 2.78. The Balaban J connectivity index is 2.63. The van der Waals surface area contributed by atoms with Gasteiger partial charge in [0.05, 0.1) is 28.6 Å². The summed E-state index contributed by atoms with van der Waals surface area (Å²) in [5.41, 5.74) is 2.24. The van der Waals surface area contributed by atoms with Crippen LogP contribution in [0, 0.1) is 11.3 Å². The predicted molar refractivity (Wildman–Crippen MR) is 72.8 cm³/mol. The highest BCUT2D eigenvalue weighted by atomic mass is 35.5. The normalized spacial score (nSPS) is 10.5. The van der Waals surface area contributed by atoms with Gasteiger partial charge in [-0.15, -0.1) is 0 Å². The summed E-state index contributed by atoms with van der Waals surface area (Å²) < 4.78 is 1.49. The Kier molecular flexibility index (Phi) is 3.68. The van der Waals surface area contributed by atoms with Gasteiger partial charge in [0.1, 0.15) is 5.15 Å². The SMILES string of the molecule is CC(C)c1nn(-c2cccc(C#N)c2)c(Cl)c1C=O. The molecule has 0 saturated heterocycles. The molecule has 0 unspecified atom stereocenters. The summed E-state index contributed by atoms with van der Waals surface area (Å²) in [4.78, 5) is 11.1. The zero-order chi connectivity index (χ0) is 14.0. The first kappa shape index (κ1) is 13.3. The van der Waals surface area contributed by atoms with Gasteiger partial charge in [0.25, 0.3) is 0 Å². The van der Waals surface area contributed by atoms with Crippen LogP contribution < -0.4 is 0 Å². The molecule has 5 heteroatoms. The van der Waals surface area contributed by atoms with Crippen LogP contribution in [0.3, 0.4) is 0 Å². The molecular weight excluding hydrogens is 262 g/mol. The Labute approximate surface area is 116 Å². The van der Waals surface area contributed by atoms with Crippen LogP contribution in [-0.4, -0.2) is 16.1 Å². The molecule has 0 N–H and O–H groups in total. The van der Waals surface area contributed by atoms with Gasteiger partial charge in [0.15, 0.2) is 6.29 Å². The summed E-state index contributed by atoms with van der Waals surface area (Å²) in [7, 11) is 0. The summed E-state index contributed by atoms with van der Waals surface area (Å²) in [6.45, 7) is 3.89. The maximum Gasteiger partial charge on any atom is 0.155 e. The van der Waals surface area contributed by atoms with Crippen LogP contribution in [0.15, 0.2) is 24.3 Å². The van der Waals surface area contributed by atoms with Crippen LogP contribution in [0.4, 0.5) is 0 Å². The quantitative estimate of drug-likeness (QED) is 0.806. The van der Waals surface area contributed by atoms with E-state index in [1.54, 1.807) is 24.3 Å². The second-order valence-electron chi connectivity index (χ2n) is 4.44. The van der Waals surface area contributed by atoms with E-state index in [0.717, 1.165) is 6.29 Å². The average Bonchev–Trinajstić information content (AvgIpc) is 2.76. The minimum Gasteiger partial charge on any atom is -0.298 e. The van der Waals surface area contributed by atoms with E-state index in [1.807, 2.05) is 13.8 Å². The van der Waals surface area contributed by atoms with E-state index in [1.165, 1.54) is 4.68 Å². The number of aldehydes is 1. The molecule has 19 heavy (non-hydrogen) atoms. The van der Waals surface area contributed by atoms with E-state index in [4.69, 9.17) is 16.9 Å². The lowest BCUT2D eigenvalue weighted by atomic mass is 10.1. The van der Waals surface area contributed by atoms with Gasteiger partial charge < -0.3 is 0 Å². The van der Waals surface area contributed by atoms with Crippen LogP contribution in [0.5, 0.6) is 0 Å². The van der Waals surface area contributed by atoms with E-state index in [2.05, 4.69) is 11.2 Å². The molecule has 0 radical (unpaired) electrons. The molecule has 1 heterocycles. The Morgan fingerprint density at radius 2 is 2.21 bits per heavy atom. The standard InChI is InChI=1S/C14H12ClN3O/c1-9(2)13-12(8-19)14(15)18(17-13)11-5-3-4-10(6-11)7-16/h3-6,8-9H,1-2H3. The number of carbonyl (C=O) groups excluding carboxylic acids is 1. The highest BCUT2D eigenvalue weighted by Crippen LogP contribution is 2.27. The maximum atomic E-state index is 11.1. The van der Waals surface area contributed by atoms with Crippen molar-refractivity contribution in [3.8, 4) is 11.8 Å². The zero-order valence-corrected chi connectivity index (χ0v) is 11.3. The molecule has 0 atom stereocenters. The number of hydrogen-bond donors (Lipinski definition) is 0. The number of rotatable bonds is 3. The first-order chi connectivity index (χ1) is 9.08. The lowest BCUT2D eigenvalue weighted by molar-refractivity contribution is 0.112. The average molecular weight is 274 g/mol. The maximum absolute atomic E-state index is 11.1. The summed E-state index contributed by atoms with van der Waals surface area (Å²) in [5, 5.41) is 13.5. The largest absolute Gasteiger partial charge is 0.298 e. The third-order valence-corrected chi connectivity index (χ3v) is 3.14. The second kappa shape index (κ2) is 5.25. The van der Waals surface area contributed by atoms with Gasteiger partial charge >= 0.3 is 0 Å². The van der Waals surface area contributed by atoms with Gasteiger partial charge in [-0.25, -0.2) is 4.68 Å². The van der Waals surface area contributed by atoms with Crippen LogP contribution in [0.1, 0.15) is 41.4 Å². The van der Waals surface area contributed by atoms with E-state index in [9.17, 15) is 4.79 Å². The predicted octanol–water partition coefficient (Wildman–Crippen LogP) is 3.33. The molecule has 0 fully saturated rings. The molecule has 96 valence electrons. The summed E-state index contributed by atoms with van der Waals surface area (Å²) >= 11 is 6.19. The molecule has 0 aliphatic carbocycles. The van der Waals surface area contributed by atoms with Crippen LogP contribution >= 0.6 is 11.6 Å². The van der Waals surface area contributed by atoms with Gasteiger partial charge in [-0.3, -0.25) is 4.79 Å². The topological polar surface area (TPSA) is 58.7 Å². The Morgan fingerprint density at radius 1 is 1.47 bits per heavy atom. The molecular formula is C14H12ClN3O. The highest BCUT2D eigenvalue weighted by molar-refractivity contribution is 6.32. The zero-order valence-electron chi connectivity index (χ0n) is 10.6. The van der Waals surface area contributed by atoms with E-state index in [-0.39, 0.29) is 11.1 Å². The van der Waals surface area contributed by atoms with Gasteiger partial charge in [0.2, 0.25) is 0 Å². The van der Waals surface area contributed by atoms with E-state index < -0.39 is 0 Å². The van der Waals surface area contributed by atoms with Crippen LogP contribution in [0.25, 0.3) is 5.69 Å². The van der Waals surface area contributed by atoms with Crippen molar-refractivity contribution < 1.29 is 4.79 Å². The van der Waals surface area contributed by atoms with Crippen LogP contribution in [0.2, 0.25) is 5.15 Å². The van der Waals surface area contributed by atoms with Crippen LogP contribution in [-0.2, 0) is 0 Å². The summed E-state index contributed by atoms with van der Waals surface area (Å²) in [5.74, 6) is 0.0955. The fraction of sp³-hybridized carbons (Fsp3) is 0.214. The molecule has 1 aromatic carbocycles. The summed E-state index contributed by atoms with van der Waals surface area (Å²) in [6, 6.07) is 8.98. The van der Waals surface area contributed by atoms with Gasteiger partial charge in [-0.2, -0.15) is 10.4 Å². The van der Waals surface area contributed by atoms with Crippen molar-refractivity contribution in [2.75, 3.05) is 0 Å². The fourth-order valence-corrected chi connectivity index (χ4v) is 2.12. The van der Waals surface area contributed by atoms with Crippen molar-refractivity contribution in [3.63, 3.8) is 0 Å². The van der Waals surface area contributed by atoms with Gasteiger partial charge in [-0.05, 0) is 24.1 Å². The molecule has 1 aromatic heterocycles. The molecule has 0 amide bonds. The molecule has 0 saturated carbocycles. The fourth-order valence-electron chi connectivity index (χ4n) is 1.84.